The fraction of sp³-hybridized carbons (Fsp3) is 0.294. The van der Waals surface area contributed by atoms with Crippen LogP contribution in [0.1, 0.15) is 5.56 Å². The van der Waals surface area contributed by atoms with Gasteiger partial charge in [-0.05, 0) is 48.1 Å². The Hall–Kier alpha value is -1.74. The molecule has 0 bridgehead atoms. The van der Waals surface area contributed by atoms with Crippen LogP contribution in [0.3, 0.4) is 0 Å². The van der Waals surface area contributed by atoms with E-state index in [0.29, 0.717) is 42.9 Å². The second-order valence-corrected chi connectivity index (χ2v) is 8.63. The molecule has 2 heterocycles. The summed E-state index contributed by atoms with van der Waals surface area (Å²) in [6.45, 7) is 2.46. The molecule has 1 fully saturated rings. The minimum absolute atomic E-state index is 0.257. The van der Waals surface area contributed by atoms with Crippen LogP contribution >= 0.6 is 23.8 Å². The number of pyridine rings is 1. The van der Waals surface area contributed by atoms with Crippen molar-refractivity contribution in [2.45, 2.75) is 11.4 Å². The molecule has 0 atom stereocenters. The maximum Gasteiger partial charge on any atom is 0.243 e. The van der Waals surface area contributed by atoms with E-state index >= 15 is 0 Å². The number of sulfonamides is 1. The summed E-state index contributed by atoms with van der Waals surface area (Å²) in [5.41, 5.74) is 1.04. The van der Waals surface area contributed by atoms with E-state index in [9.17, 15) is 8.42 Å². The number of thiocarbonyl (C=S) groups is 1. The Morgan fingerprint density at radius 2 is 1.85 bits per heavy atom. The number of rotatable bonds is 4. The van der Waals surface area contributed by atoms with Crippen LogP contribution in [0.15, 0.2) is 53.7 Å². The van der Waals surface area contributed by atoms with E-state index in [1.807, 2.05) is 17.0 Å². The first-order valence-electron chi connectivity index (χ1n) is 8.14. The summed E-state index contributed by atoms with van der Waals surface area (Å²) in [4.78, 5) is 6.31. The number of halogens is 1. The van der Waals surface area contributed by atoms with E-state index < -0.39 is 10.0 Å². The Morgan fingerprint density at radius 3 is 2.46 bits per heavy atom. The molecule has 1 aromatic carbocycles. The zero-order valence-electron chi connectivity index (χ0n) is 14.0. The van der Waals surface area contributed by atoms with Crippen molar-refractivity contribution in [1.82, 2.24) is 19.5 Å². The summed E-state index contributed by atoms with van der Waals surface area (Å²) < 4.78 is 26.9. The van der Waals surface area contributed by atoms with E-state index in [1.165, 1.54) is 16.4 Å². The van der Waals surface area contributed by atoms with Crippen molar-refractivity contribution >= 4 is 39.0 Å². The normalized spacial score (nSPS) is 15.7. The van der Waals surface area contributed by atoms with Gasteiger partial charge in [0.05, 0.1) is 4.90 Å². The lowest BCUT2D eigenvalue weighted by Gasteiger charge is -2.35. The van der Waals surface area contributed by atoms with Crippen LogP contribution in [0.5, 0.6) is 0 Å². The molecule has 26 heavy (non-hydrogen) atoms. The summed E-state index contributed by atoms with van der Waals surface area (Å²) in [7, 11) is -3.51. The minimum atomic E-state index is -3.51. The molecule has 0 unspecified atom stereocenters. The number of piperazine rings is 1. The molecule has 0 spiro atoms. The average molecular weight is 411 g/mol. The van der Waals surface area contributed by atoms with Crippen molar-refractivity contribution in [2.75, 3.05) is 26.2 Å². The summed E-state index contributed by atoms with van der Waals surface area (Å²) >= 11 is 11.3. The average Bonchev–Trinajstić information content (AvgIpc) is 2.67. The van der Waals surface area contributed by atoms with Gasteiger partial charge in [0.1, 0.15) is 0 Å². The van der Waals surface area contributed by atoms with E-state index in [2.05, 4.69) is 10.3 Å². The van der Waals surface area contributed by atoms with Gasteiger partial charge in [0.2, 0.25) is 10.0 Å². The van der Waals surface area contributed by atoms with Crippen molar-refractivity contribution in [3.8, 4) is 0 Å². The Balaban J connectivity index is 1.55. The quantitative estimate of drug-likeness (QED) is 0.779. The molecular formula is C17H19ClN4O2S2. The van der Waals surface area contributed by atoms with Gasteiger partial charge in [0, 0.05) is 50.1 Å². The van der Waals surface area contributed by atoms with Gasteiger partial charge in [0.25, 0.3) is 0 Å². The van der Waals surface area contributed by atoms with Crippen molar-refractivity contribution in [3.63, 3.8) is 0 Å². The van der Waals surface area contributed by atoms with E-state index in [1.54, 1.807) is 24.5 Å². The van der Waals surface area contributed by atoms with Crippen LogP contribution in [0.2, 0.25) is 5.02 Å². The van der Waals surface area contributed by atoms with E-state index in [-0.39, 0.29) is 4.90 Å². The molecule has 138 valence electrons. The minimum Gasteiger partial charge on any atom is -0.358 e. The molecular weight excluding hydrogens is 392 g/mol. The predicted molar refractivity (Wildman–Crippen MR) is 105 cm³/mol. The van der Waals surface area contributed by atoms with Crippen LogP contribution in [-0.4, -0.2) is 53.9 Å². The van der Waals surface area contributed by atoms with Crippen molar-refractivity contribution < 1.29 is 8.42 Å². The lowest BCUT2D eigenvalue weighted by Crippen LogP contribution is -2.52. The van der Waals surface area contributed by atoms with Gasteiger partial charge < -0.3 is 10.2 Å². The monoisotopic (exact) mass is 410 g/mol. The first kappa shape index (κ1) is 19.0. The Kier molecular flexibility index (Phi) is 6.08. The number of nitrogens with one attached hydrogen (secondary N) is 1. The van der Waals surface area contributed by atoms with E-state index in [0.717, 1.165) is 5.56 Å². The maximum absolute atomic E-state index is 12.7. The molecule has 9 heteroatoms. The summed E-state index contributed by atoms with van der Waals surface area (Å²) in [6, 6.07) is 10.1. The third kappa shape index (κ3) is 4.50. The molecule has 1 saturated heterocycles. The zero-order valence-corrected chi connectivity index (χ0v) is 16.4. The van der Waals surface area contributed by atoms with Crippen LogP contribution in [0.4, 0.5) is 0 Å². The highest BCUT2D eigenvalue weighted by molar-refractivity contribution is 7.89. The lowest BCUT2D eigenvalue weighted by atomic mass is 10.3. The Bertz CT molecular complexity index is 852. The molecule has 0 saturated carbocycles. The second-order valence-electron chi connectivity index (χ2n) is 5.87. The van der Waals surface area contributed by atoms with Crippen molar-refractivity contribution in [3.05, 3.63) is 59.4 Å². The third-order valence-corrected chi connectivity index (χ3v) is 6.71. The third-order valence-electron chi connectivity index (χ3n) is 4.14. The molecule has 0 aliphatic carbocycles. The number of hydrogen-bond acceptors (Lipinski definition) is 4. The van der Waals surface area contributed by atoms with Crippen LogP contribution in [-0.2, 0) is 16.6 Å². The second kappa shape index (κ2) is 8.30. The topological polar surface area (TPSA) is 65.5 Å². The van der Waals surface area contributed by atoms with Gasteiger partial charge >= 0.3 is 0 Å². The first-order chi connectivity index (χ1) is 12.5. The Labute approximate surface area is 163 Å². The van der Waals surface area contributed by atoms with Gasteiger partial charge in [0.15, 0.2) is 5.11 Å². The molecule has 3 rings (SSSR count). The van der Waals surface area contributed by atoms with Crippen LogP contribution in [0.25, 0.3) is 0 Å². The first-order valence-corrected chi connectivity index (χ1v) is 10.4. The zero-order chi connectivity index (χ0) is 18.6. The number of hydrogen-bond donors (Lipinski definition) is 1. The largest absolute Gasteiger partial charge is 0.358 e. The van der Waals surface area contributed by atoms with Gasteiger partial charge in [-0.15, -0.1) is 0 Å². The van der Waals surface area contributed by atoms with Gasteiger partial charge in [-0.25, -0.2) is 8.42 Å². The van der Waals surface area contributed by atoms with Crippen LogP contribution < -0.4 is 5.32 Å². The molecule has 0 radical (unpaired) electrons. The van der Waals surface area contributed by atoms with Gasteiger partial charge in [-0.3, -0.25) is 4.98 Å². The molecule has 2 aromatic rings. The van der Waals surface area contributed by atoms with Crippen LogP contribution in [0, 0.1) is 0 Å². The smallest absolute Gasteiger partial charge is 0.243 e. The molecule has 0 amide bonds. The molecule has 6 nitrogen and oxygen atoms in total. The molecule has 1 N–H and O–H groups in total. The fourth-order valence-corrected chi connectivity index (χ4v) is 4.48. The van der Waals surface area contributed by atoms with E-state index in [4.69, 9.17) is 23.8 Å². The lowest BCUT2D eigenvalue weighted by molar-refractivity contribution is 0.264. The SMILES string of the molecule is O=S(=O)(c1ccc(Cl)cc1)N1CCN(C(=S)NCc2cccnc2)CC1. The number of benzene rings is 1. The number of nitrogens with zero attached hydrogens (tertiary/aromatic N) is 3. The summed E-state index contributed by atoms with van der Waals surface area (Å²) in [5.74, 6) is 0. The summed E-state index contributed by atoms with van der Waals surface area (Å²) in [5, 5.41) is 4.33. The highest BCUT2D eigenvalue weighted by atomic mass is 35.5. The van der Waals surface area contributed by atoms with Gasteiger partial charge in [-0.1, -0.05) is 17.7 Å². The standard InChI is InChI=1S/C17H19ClN4O2S2/c18-15-3-5-16(6-4-15)26(23,24)22-10-8-21(9-11-22)17(25)20-13-14-2-1-7-19-12-14/h1-7,12H,8-11,13H2,(H,20,25). The van der Waals surface area contributed by atoms with Crippen molar-refractivity contribution in [1.29, 1.82) is 0 Å². The predicted octanol–water partition coefficient (Wildman–Crippen LogP) is 2.12. The molecule has 1 aliphatic heterocycles. The fourth-order valence-electron chi connectivity index (χ4n) is 2.68. The number of aromatic nitrogens is 1. The summed E-state index contributed by atoms with van der Waals surface area (Å²) in [6.07, 6.45) is 3.51. The Morgan fingerprint density at radius 1 is 1.15 bits per heavy atom. The highest BCUT2D eigenvalue weighted by Crippen LogP contribution is 2.19. The maximum atomic E-state index is 12.7. The van der Waals surface area contributed by atoms with Crippen molar-refractivity contribution in [2.24, 2.45) is 0 Å². The highest BCUT2D eigenvalue weighted by Gasteiger charge is 2.29. The molecule has 1 aliphatic rings. The molecule has 1 aromatic heterocycles. The van der Waals surface area contributed by atoms with Gasteiger partial charge in [-0.2, -0.15) is 4.31 Å².